The van der Waals surface area contributed by atoms with Crippen molar-refractivity contribution in [2.45, 2.75) is 12.7 Å². The fourth-order valence-electron chi connectivity index (χ4n) is 2.49. The van der Waals surface area contributed by atoms with Gasteiger partial charge < -0.3 is 15.2 Å². The summed E-state index contributed by atoms with van der Waals surface area (Å²) in [5.41, 5.74) is 7.75. The van der Waals surface area contributed by atoms with Crippen molar-refractivity contribution in [1.29, 1.82) is 0 Å². The maximum absolute atomic E-state index is 13.1. The van der Waals surface area contributed by atoms with E-state index in [4.69, 9.17) is 15.2 Å². The van der Waals surface area contributed by atoms with Crippen LogP contribution in [0, 0.1) is 5.82 Å². The first-order chi connectivity index (χ1) is 12.7. The minimum atomic E-state index is -0.378. The predicted molar refractivity (Wildman–Crippen MR) is 104 cm³/mol. The molecule has 0 fully saturated rings. The molecule has 0 amide bonds. The molecule has 0 aliphatic rings. The first-order valence-electron chi connectivity index (χ1n) is 8.24. The molecule has 0 aliphatic carbocycles. The summed E-state index contributed by atoms with van der Waals surface area (Å²) in [5, 5.41) is 0. The number of nitrogens with two attached hydrogens (primary N) is 1. The zero-order valence-corrected chi connectivity index (χ0v) is 15.7. The molecule has 0 unspecified atom stereocenters. The van der Waals surface area contributed by atoms with Crippen molar-refractivity contribution < 1.29 is 13.9 Å². The monoisotopic (exact) mass is 415 g/mol. The minimum Gasteiger partial charge on any atom is -0.489 e. The van der Waals surface area contributed by atoms with Crippen LogP contribution in [0.5, 0.6) is 11.5 Å². The Bertz CT molecular complexity index is 840. The molecule has 3 aromatic rings. The van der Waals surface area contributed by atoms with E-state index in [1.54, 1.807) is 12.1 Å². The second-order valence-electron chi connectivity index (χ2n) is 5.76. The fourth-order valence-corrected chi connectivity index (χ4v) is 2.83. The summed E-state index contributed by atoms with van der Waals surface area (Å²) in [6.07, 6.45) is -0.378. The molecule has 3 nitrogen and oxygen atoms in total. The maximum atomic E-state index is 13.1. The largest absolute Gasteiger partial charge is 0.489 e. The van der Waals surface area contributed by atoms with E-state index in [2.05, 4.69) is 15.9 Å². The molecule has 5 heteroatoms. The minimum absolute atomic E-state index is 0.271. The van der Waals surface area contributed by atoms with E-state index in [9.17, 15) is 4.39 Å². The van der Waals surface area contributed by atoms with E-state index < -0.39 is 0 Å². The lowest BCUT2D eigenvalue weighted by molar-refractivity contribution is 0.211. The molecule has 134 valence electrons. The maximum Gasteiger partial charge on any atom is 0.138 e. The van der Waals surface area contributed by atoms with Crippen LogP contribution in [-0.4, -0.2) is 6.54 Å². The summed E-state index contributed by atoms with van der Waals surface area (Å²) < 4.78 is 25.8. The highest BCUT2D eigenvalue weighted by atomic mass is 79.9. The molecule has 2 N–H and O–H groups in total. The number of halogens is 2. The van der Waals surface area contributed by atoms with Crippen LogP contribution in [0.4, 0.5) is 4.39 Å². The van der Waals surface area contributed by atoms with E-state index >= 15 is 0 Å². The number of benzene rings is 3. The normalized spacial score (nSPS) is 11.8. The van der Waals surface area contributed by atoms with E-state index in [-0.39, 0.29) is 18.5 Å². The Hall–Kier alpha value is -2.37. The standard InChI is InChI=1S/C21H19BrFNO2/c22-19-11-10-18(25-14-15-4-2-1-3-5-15)12-20(19)26-21(13-24)16-6-8-17(23)9-7-16/h1-12,21H,13-14,24H2/t21-/m0/s1. The lowest BCUT2D eigenvalue weighted by atomic mass is 10.1. The average molecular weight is 416 g/mol. The number of hydrogen-bond donors (Lipinski definition) is 1. The Morgan fingerprint density at radius 3 is 2.38 bits per heavy atom. The van der Waals surface area contributed by atoms with E-state index in [1.165, 1.54) is 12.1 Å². The Kier molecular flexibility index (Phi) is 6.26. The molecule has 0 bridgehead atoms. The van der Waals surface area contributed by atoms with Gasteiger partial charge in [0.25, 0.3) is 0 Å². The number of rotatable bonds is 7. The predicted octanol–water partition coefficient (Wildman–Crippen LogP) is 5.25. The number of ether oxygens (including phenoxy) is 2. The molecule has 0 aliphatic heterocycles. The summed E-state index contributed by atoms with van der Waals surface area (Å²) >= 11 is 3.49. The second-order valence-corrected chi connectivity index (χ2v) is 6.61. The van der Waals surface area contributed by atoms with E-state index in [0.717, 1.165) is 15.6 Å². The SMILES string of the molecule is NC[C@H](Oc1cc(OCc2ccccc2)ccc1Br)c1ccc(F)cc1. The van der Waals surface area contributed by atoms with Crippen molar-refractivity contribution in [3.05, 3.63) is 94.2 Å². The van der Waals surface area contributed by atoms with Crippen molar-refractivity contribution in [2.24, 2.45) is 5.73 Å². The molecule has 0 saturated heterocycles. The highest BCUT2D eigenvalue weighted by molar-refractivity contribution is 9.10. The van der Waals surface area contributed by atoms with Gasteiger partial charge in [0.2, 0.25) is 0 Å². The van der Waals surface area contributed by atoms with Gasteiger partial charge in [-0.3, -0.25) is 0 Å². The summed E-state index contributed by atoms with van der Waals surface area (Å²) in [6, 6.07) is 21.6. The third-order valence-corrected chi connectivity index (χ3v) is 4.53. The van der Waals surface area contributed by atoms with Crippen LogP contribution in [0.25, 0.3) is 0 Å². The lowest BCUT2D eigenvalue weighted by Gasteiger charge is -2.19. The molecular weight excluding hydrogens is 397 g/mol. The van der Waals surface area contributed by atoms with E-state index in [0.29, 0.717) is 18.1 Å². The molecule has 0 aromatic heterocycles. The van der Waals surface area contributed by atoms with Crippen LogP contribution < -0.4 is 15.2 Å². The topological polar surface area (TPSA) is 44.5 Å². The van der Waals surface area contributed by atoms with E-state index in [1.807, 2.05) is 48.5 Å². The van der Waals surface area contributed by atoms with Crippen molar-refractivity contribution in [3.8, 4) is 11.5 Å². The molecule has 0 heterocycles. The Morgan fingerprint density at radius 1 is 0.962 bits per heavy atom. The van der Waals surface area contributed by atoms with Crippen LogP contribution in [0.1, 0.15) is 17.2 Å². The van der Waals surface area contributed by atoms with Crippen LogP contribution in [0.15, 0.2) is 77.3 Å². The summed E-state index contributed by atoms with van der Waals surface area (Å²) in [5.74, 6) is 1.03. The quantitative estimate of drug-likeness (QED) is 0.573. The van der Waals surface area contributed by atoms with Crippen LogP contribution in [-0.2, 0) is 6.61 Å². The summed E-state index contributed by atoms with van der Waals surface area (Å²) in [7, 11) is 0. The molecule has 1 atom stereocenters. The molecular formula is C21H19BrFNO2. The molecule has 26 heavy (non-hydrogen) atoms. The Balaban J connectivity index is 1.73. The van der Waals surface area contributed by atoms with Gasteiger partial charge in [-0.1, -0.05) is 42.5 Å². The first kappa shape index (κ1) is 18.4. The second kappa shape index (κ2) is 8.83. The van der Waals surface area contributed by atoms with Crippen molar-refractivity contribution in [3.63, 3.8) is 0 Å². The molecule has 0 saturated carbocycles. The van der Waals surface area contributed by atoms with Gasteiger partial charge in [0.1, 0.15) is 30.0 Å². The van der Waals surface area contributed by atoms with Gasteiger partial charge in [-0.15, -0.1) is 0 Å². The van der Waals surface area contributed by atoms with Gasteiger partial charge in [-0.2, -0.15) is 0 Å². The summed E-state index contributed by atoms with van der Waals surface area (Å²) in [6.45, 7) is 0.743. The number of hydrogen-bond acceptors (Lipinski definition) is 3. The zero-order chi connectivity index (χ0) is 18.4. The van der Waals surface area contributed by atoms with Crippen LogP contribution in [0.2, 0.25) is 0 Å². The van der Waals surface area contributed by atoms with Gasteiger partial charge in [-0.05, 0) is 51.3 Å². The third kappa shape index (κ3) is 4.84. The highest BCUT2D eigenvalue weighted by Crippen LogP contribution is 2.33. The molecule has 0 spiro atoms. The Morgan fingerprint density at radius 2 is 1.69 bits per heavy atom. The van der Waals surface area contributed by atoms with Crippen LogP contribution >= 0.6 is 15.9 Å². The summed E-state index contributed by atoms with van der Waals surface area (Å²) in [4.78, 5) is 0. The van der Waals surface area contributed by atoms with Crippen molar-refractivity contribution in [2.75, 3.05) is 6.54 Å². The van der Waals surface area contributed by atoms with Gasteiger partial charge in [0, 0.05) is 12.6 Å². The zero-order valence-electron chi connectivity index (χ0n) is 14.1. The van der Waals surface area contributed by atoms with Crippen LogP contribution in [0.3, 0.4) is 0 Å². The highest BCUT2D eigenvalue weighted by Gasteiger charge is 2.14. The smallest absolute Gasteiger partial charge is 0.138 e. The third-order valence-electron chi connectivity index (χ3n) is 3.88. The van der Waals surface area contributed by atoms with Crippen molar-refractivity contribution in [1.82, 2.24) is 0 Å². The van der Waals surface area contributed by atoms with Crippen molar-refractivity contribution >= 4 is 15.9 Å². The van der Waals surface area contributed by atoms with Gasteiger partial charge in [0.05, 0.1) is 4.47 Å². The average Bonchev–Trinajstić information content (AvgIpc) is 2.68. The molecule has 3 aromatic carbocycles. The Labute approximate surface area is 160 Å². The fraction of sp³-hybridized carbons (Fsp3) is 0.143. The van der Waals surface area contributed by atoms with Gasteiger partial charge >= 0.3 is 0 Å². The molecule has 3 rings (SSSR count). The van der Waals surface area contributed by atoms with Gasteiger partial charge in [-0.25, -0.2) is 4.39 Å². The lowest BCUT2D eigenvalue weighted by Crippen LogP contribution is -2.18. The molecule has 0 radical (unpaired) electrons. The van der Waals surface area contributed by atoms with Gasteiger partial charge in [0.15, 0.2) is 0 Å². The first-order valence-corrected chi connectivity index (χ1v) is 9.03.